The molecule has 25 valence electrons. The third-order valence-corrected chi connectivity index (χ3v) is 0. The molecule has 0 nitrogen and oxygen atoms in total. The summed E-state index contributed by atoms with van der Waals surface area (Å²) in [5.74, 6) is 0. The molecule has 0 heterocycles. The van der Waals surface area contributed by atoms with Crippen LogP contribution < -0.4 is 0 Å². The van der Waals surface area contributed by atoms with Gasteiger partial charge in [0.15, 0.2) is 17.4 Å². The quantitative estimate of drug-likeness (QED) is 0.310. The van der Waals surface area contributed by atoms with Crippen molar-refractivity contribution < 1.29 is 5.71 Å². The summed E-state index contributed by atoms with van der Waals surface area (Å²) in [6.45, 7) is 0. The van der Waals surface area contributed by atoms with Crippen molar-refractivity contribution in [2.45, 2.75) is 0 Å². The second kappa shape index (κ2) is 28.9. The van der Waals surface area contributed by atoms with Gasteiger partial charge in [-0.25, -0.2) is 0 Å². The first-order valence-corrected chi connectivity index (χ1v) is 0. The largest absolute Gasteiger partial charge is 2.00 e. The summed E-state index contributed by atoms with van der Waals surface area (Å²) in [6, 6.07) is 0. The van der Waals surface area contributed by atoms with Gasteiger partial charge < -0.3 is 5.71 Å². The average Bonchev–Trinajstić information content (AvgIpc) is 0. The molecule has 5 heteroatoms. The third-order valence-electron chi connectivity index (χ3n) is 0. The van der Waals surface area contributed by atoms with Crippen LogP contribution in [0.2, 0.25) is 0 Å². The predicted molar refractivity (Wildman–Crippen MR) is 43.0 cm³/mol. The van der Waals surface area contributed by atoms with Crippen LogP contribution in [0.4, 0.5) is 0 Å². The van der Waals surface area contributed by atoms with Crippen molar-refractivity contribution in [3.05, 3.63) is 0 Å². The molecule has 0 unspecified atom stereocenters. The smallest absolute Gasteiger partial charge is 1.00 e. The molecule has 0 aromatic heterocycles. The topological polar surface area (TPSA) is 0 Å². The Hall–Kier alpha value is 2.84. The van der Waals surface area contributed by atoms with Gasteiger partial charge in [-0.15, -0.1) is 0 Å². The molecule has 0 spiro atoms. The molecule has 0 amide bonds. The summed E-state index contributed by atoms with van der Waals surface area (Å²) >= 11 is 0. The van der Waals surface area contributed by atoms with Crippen LogP contribution >= 0.6 is 0 Å². The van der Waals surface area contributed by atoms with Gasteiger partial charge in [0.05, 0.1) is 0 Å². The SMILES string of the molecule is [AlH3].[B].[Ca+2].[H-].[H-].[H-].[H-].[Mg+2].[SiH4]. The summed E-state index contributed by atoms with van der Waals surface area (Å²) in [6.07, 6.45) is 0. The van der Waals surface area contributed by atoms with E-state index in [2.05, 4.69) is 0 Å². The molecule has 0 aromatic carbocycles. The minimum Gasteiger partial charge on any atom is -1.00 e. The molecule has 0 aromatic rings. The minimum atomic E-state index is 0. The van der Waals surface area contributed by atoms with Gasteiger partial charge in [-0.1, -0.05) is 0 Å². The van der Waals surface area contributed by atoms with Crippen molar-refractivity contribution in [2.24, 2.45) is 0 Å². The summed E-state index contributed by atoms with van der Waals surface area (Å²) in [5.41, 5.74) is 0. The normalized spacial score (nSPS) is 0. The standard InChI is InChI=1S/Al.B.Ca.Mg.H4Si.7H/h;;;;1H4;;;;;;;/q;;2*+2;;;;;4*-1. The van der Waals surface area contributed by atoms with Gasteiger partial charge in [-0.2, -0.15) is 0 Å². The van der Waals surface area contributed by atoms with E-state index in [0.717, 1.165) is 0 Å². The zero-order valence-electron chi connectivity index (χ0n) is 5.99. The van der Waals surface area contributed by atoms with Crippen LogP contribution in [-0.4, -0.2) is 97.5 Å². The van der Waals surface area contributed by atoms with Crippen molar-refractivity contribution in [1.29, 1.82) is 0 Å². The molecule has 0 N–H and O–H groups in total. The fourth-order valence-electron chi connectivity index (χ4n) is 0. The minimum absolute atomic E-state index is 0. The molecule has 0 atom stereocenters. The molecule has 3 radical (unpaired) electrons. The summed E-state index contributed by atoms with van der Waals surface area (Å²) < 4.78 is 0. The Labute approximate surface area is 102 Å². The maximum absolute atomic E-state index is 0. The van der Waals surface area contributed by atoms with E-state index in [1.807, 2.05) is 0 Å². The maximum atomic E-state index is 0. The van der Waals surface area contributed by atoms with Gasteiger partial charge in [0, 0.05) is 8.41 Å². The molecule has 0 saturated heterocycles. The Morgan fingerprint density at radius 3 is 1.20 bits per heavy atom. The van der Waals surface area contributed by atoms with E-state index in [4.69, 9.17) is 0 Å². The van der Waals surface area contributed by atoms with Crippen molar-refractivity contribution in [1.82, 2.24) is 0 Å². The van der Waals surface area contributed by atoms with Crippen LogP contribution in [0.3, 0.4) is 0 Å². The molecular weight excluding hydrogens is 130 g/mol. The molecule has 0 saturated carbocycles. The van der Waals surface area contributed by atoms with Crippen LogP contribution in [0.15, 0.2) is 0 Å². The first kappa shape index (κ1) is 45.5. The molecule has 0 aliphatic heterocycles. The zero-order valence-corrected chi connectivity index (χ0v) is 5.61. The van der Waals surface area contributed by atoms with Crippen molar-refractivity contribution in [3.63, 3.8) is 0 Å². The number of rotatable bonds is 0. The van der Waals surface area contributed by atoms with Crippen LogP contribution in [0.25, 0.3) is 0 Å². The Bertz CT molecular complexity index is 20.5. The van der Waals surface area contributed by atoms with E-state index in [9.17, 15) is 0 Å². The first-order valence-electron chi connectivity index (χ1n) is 0. The van der Waals surface area contributed by atoms with E-state index < -0.39 is 0 Å². The van der Waals surface area contributed by atoms with Crippen LogP contribution in [0.5, 0.6) is 0 Å². The first-order chi connectivity index (χ1) is 0. The van der Waals surface area contributed by atoms with Gasteiger partial charge in [0.1, 0.15) is 0 Å². The van der Waals surface area contributed by atoms with Gasteiger partial charge >= 0.3 is 60.8 Å². The maximum Gasteiger partial charge on any atom is 2.00 e. The average molecular weight is 141 g/mol. The number of hydrogen-bond donors (Lipinski definition) is 0. The van der Waals surface area contributed by atoms with E-state index >= 15 is 0 Å². The van der Waals surface area contributed by atoms with E-state index in [0.29, 0.717) is 0 Å². The van der Waals surface area contributed by atoms with E-state index in [1.54, 1.807) is 0 Å². The summed E-state index contributed by atoms with van der Waals surface area (Å²) in [5, 5.41) is 0. The Balaban J connectivity index is 0. The molecule has 0 rings (SSSR count). The molecule has 0 bridgehead atoms. The summed E-state index contributed by atoms with van der Waals surface area (Å²) in [4.78, 5) is 0. The van der Waals surface area contributed by atoms with Crippen LogP contribution in [-0.2, 0) is 0 Å². The summed E-state index contributed by atoms with van der Waals surface area (Å²) in [7, 11) is 0. The fourth-order valence-corrected chi connectivity index (χ4v) is 0. The number of hydrogen-bond acceptors (Lipinski definition) is 0. The molecule has 5 heavy (non-hydrogen) atoms. The van der Waals surface area contributed by atoms with Crippen LogP contribution in [0, 0.1) is 0 Å². The second-order valence-electron chi connectivity index (χ2n) is 0. The Morgan fingerprint density at radius 2 is 1.20 bits per heavy atom. The molecule has 0 fully saturated rings. The molecular formula is H11AlBCaMgSi. The van der Waals surface area contributed by atoms with Gasteiger partial charge in [-0.3, -0.25) is 0 Å². The van der Waals surface area contributed by atoms with Gasteiger partial charge in [0.25, 0.3) is 0 Å². The third kappa shape index (κ3) is 19.9. The molecule has 0 aliphatic rings. The van der Waals surface area contributed by atoms with Gasteiger partial charge in [-0.05, 0) is 11.0 Å². The van der Waals surface area contributed by atoms with Gasteiger partial charge in [0.2, 0.25) is 0 Å². The zero-order chi connectivity index (χ0) is 0. The van der Waals surface area contributed by atoms with E-state index in [-0.39, 0.29) is 103 Å². The second-order valence-corrected chi connectivity index (χ2v) is 0. The van der Waals surface area contributed by atoms with Crippen molar-refractivity contribution in [2.75, 3.05) is 0 Å². The Morgan fingerprint density at radius 1 is 1.20 bits per heavy atom. The van der Waals surface area contributed by atoms with Crippen LogP contribution in [0.1, 0.15) is 5.71 Å². The predicted octanol–water partition coefficient (Wildman–Crippen LogP) is -3.33. The molecule has 0 aliphatic carbocycles. The Kier molecular flexibility index (Phi) is 263. The fraction of sp³-hybridized carbons (Fsp3) is 0. The monoisotopic (exact) mass is 141 g/mol. The van der Waals surface area contributed by atoms with Crippen molar-refractivity contribution in [3.8, 4) is 0 Å². The van der Waals surface area contributed by atoms with Crippen molar-refractivity contribution >= 4 is 97.5 Å². The van der Waals surface area contributed by atoms with E-state index in [1.165, 1.54) is 0 Å².